The predicted octanol–water partition coefficient (Wildman–Crippen LogP) is 0.695. The van der Waals surface area contributed by atoms with Crippen molar-refractivity contribution in [1.29, 1.82) is 0 Å². The Labute approximate surface area is 85.6 Å². The molecular weight excluding hydrogens is 208 g/mol. The van der Waals surface area contributed by atoms with E-state index in [1.54, 1.807) is 19.9 Å². The minimum Gasteiger partial charge on any atom is -0.750 e. The molecule has 0 radical (unpaired) electrons. The van der Waals surface area contributed by atoms with Gasteiger partial charge in [-0.1, -0.05) is 6.08 Å². The van der Waals surface area contributed by atoms with Crippen molar-refractivity contribution < 1.29 is 22.5 Å². The quantitative estimate of drug-likeness (QED) is 0.375. The van der Waals surface area contributed by atoms with E-state index in [4.69, 9.17) is 4.74 Å². The molecule has 0 aliphatic heterocycles. The zero-order valence-electron chi connectivity index (χ0n) is 8.10. The van der Waals surface area contributed by atoms with Gasteiger partial charge in [-0.15, -0.1) is 0 Å². The van der Waals surface area contributed by atoms with Crippen LogP contribution in [0.3, 0.4) is 0 Å². The van der Waals surface area contributed by atoms with Gasteiger partial charge in [0, 0.05) is 12.5 Å². The van der Waals surface area contributed by atoms with Crippen LogP contribution in [0.15, 0.2) is 12.2 Å². The molecule has 2 unspecified atom stereocenters. The summed E-state index contributed by atoms with van der Waals surface area (Å²) in [6, 6.07) is 0. The van der Waals surface area contributed by atoms with Crippen LogP contribution >= 0.6 is 0 Å². The van der Waals surface area contributed by atoms with E-state index in [2.05, 4.69) is 4.18 Å². The molecular formula is C8H13O5S-. The lowest BCUT2D eigenvalue weighted by Gasteiger charge is -2.13. The van der Waals surface area contributed by atoms with Crippen LogP contribution in [0.1, 0.15) is 20.3 Å². The fourth-order valence-corrected chi connectivity index (χ4v) is 1.06. The average Bonchev–Trinajstić information content (AvgIpc) is 2.02. The van der Waals surface area contributed by atoms with Gasteiger partial charge in [-0.2, -0.15) is 0 Å². The van der Waals surface area contributed by atoms with Crippen molar-refractivity contribution in [3.63, 3.8) is 0 Å². The fourth-order valence-electron chi connectivity index (χ4n) is 0.692. The Hall–Kier alpha value is -0.720. The Balaban J connectivity index is 3.53. The maximum atomic E-state index is 10.8. The second-order valence-corrected chi connectivity index (χ2v) is 3.17. The first-order valence-electron chi connectivity index (χ1n) is 4.12. The van der Waals surface area contributed by atoms with Crippen LogP contribution in [0.4, 0.5) is 0 Å². The van der Waals surface area contributed by atoms with Gasteiger partial charge in [-0.3, -0.25) is 4.18 Å². The Kier molecular flexibility index (Phi) is 7.27. The van der Waals surface area contributed by atoms with E-state index in [1.165, 1.54) is 6.08 Å². The summed E-state index contributed by atoms with van der Waals surface area (Å²) in [5.74, 6) is -0.442. The van der Waals surface area contributed by atoms with E-state index in [0.29, 0.717) is 6.42 Å². The van der Waals surface area contributed by atoms with Crippen LogP contribution in [-0.4, -0.2) is 27.4 Å². The van der Waals surface area contributed by atoms with Crippen molar-refractivity contribution in [2.75, 3.05) is 6.61 Å². The molecule has 0 heterocycles. The number of rotatable bonds is 6. The van der Waals surface area contributed by atoms with E-state index < -0.39 is 23.4 Å². The molecule has 6 heteroatoms. The van der Waals surface area contributed by atoms with Crippen LogP contribution in [0.25, 0.3) is 0 Å². The molecule has 0 bridgehead atoms. The molecule has 0 fully saturated rings. The van der Waals surface area contributed by atoms with E-state index in [9.17, 15) is 13.6 Å². The van der Waals surface area contributed by atoms with Crippen molar-refractivity contribution in [2.24, 2.45) is 0 Å². The Morgan fingerprint density at radius 2 is 2.29 bits per heavy atom. The second kappa shape index (κ2) is 7.66. The summed E-state index contributed by atoms with van der Waals surface area (Å²) < 4.78 is 29.3. The molecule has 0 aromatic carbocycles. The first-order valence-corrected chi connectivity index (χ1v) is 5.12. The molecule has 0 amide bonds. The standard InChI is InChI=1S/C8H14O5S/c1-3-4-8(9)12-6-5-7(2)13-14(10)11/h3-4,7H,5-6H2,1-2H3,(H,10,11)/p-1. The Morgan fingerprint density at radius 3 is 2.79 bits per heavy atom. The largest absolute Gasteiger partial charge is 0.750 e. The molecule has 0 aliphatic rings. The van der Waals surface area contributed by atoms with E-state index in [-0.39, 0.29) is 6.61 Å². The highest BCUT2D eigenvalue weighted by molar-refractivity contribution is 7.74. The molecule has 0 aromatic heterocycles. The molecule has 0 N–H and O–H groups in total. The van der Waals surface area contributed by atoms with E-state index in [1.807, 2.05) is 0 Å². The highest BCUT2D eigenvalue weighted by atomic mass is 32.2. The Bertz CT molecular complexity index is 226. The topological polar surface area (TPSA) is 75.7 Å². The highest BCUT2D eigenvalue weighted by Gasteiger charge is 2.04. The fraction of sp³-hybridized carbons (Fsp3) is 0.625. The van der Waals surface area contributed by atoms with Gasteiger partial charge in [-0.25, -0.2) is 9.00 Å². The minimum atomic E-state index is -2.52. The minimum absolute atomic E-state index is 0.140. The van der Waals surface area contributed by atoms with Gasteiger partial charge in [0.1, 0.15) is 0 Å². The van der Waals surface area contributed by atoms with Crippen molar-refractivity contribution in [2.45, 2.75) is 26.4 Å². The number of hydrogen-bond donors (Lipinski definition) is 0. The molecule has 0 spiro atoms. The maximum Gasteiger partial charge on any atom is 0.330 e. The Morgan fingerprint density at radius 1 is 1.64 bits per heavy atom. The normalized spacial score (nSPS) is 15.4. The molecule has 2 atom stereocenters. The third kappa shape index (κ3) is 7.90. The van der Waals surface area contributed by atoms with Crippen molar-refractivity contribution in [1.82, 2.24) is 0 Å². The van der Waals surface area contributed by atoms with Gasteiger partial charge < -0.3 is 9.29 Å². The molecule has 0 saturated heterocycles. The lowest BCUT2D eigenvalue weighted by Crippen LogP contribution is -2.14. The van der Waals surface area contributed by atoms with Crippen molar-refractivity contribution >= 4 is 17.3 Å². The van der Waals surface area contributed by atoms with Gasteiger partial charge >= 0.3 is 5.97 Å². The lowest BCUT2D eigenvalue weighted by atomic mass is 10.3. The second-order valence-electron chi connectivity index (χ2n) is 2.57. The third-order valence-corrected chi connectivity index (χ3v) is 1.80. The molecule has 0 rings (SSSR count). The van der Waals surface area contributed by atoms with Crippen molar-refractivity contribution in [3.8, 4) is 0 Å². The molecule has 0 aromatic rings. The number of hydrogen-bond acceptors (Lipinski definition) is 5. The molecule has 0 saturated carbocycles. The first-order chi connectivity index (χ1) is 6.56. The highest BCUT2D eigenvalue weighted by Crippen LogP contribution is 1.99. The summed E-state index contributed by atoms with van der Waals surface area (Å²) in [5, 5.41) is 0. The number of allylic oxidation sites excluding steroid dienone is 1. The zero-order valence-corrected chi connectivity index (χ0v) is 8.91. The van der Waals surface area contributed by atoms with Crippen LogP contribution < -0.4 is 0 Å². The van der Waals surface area contributed by atoms with Crippen LogP contribution in [0, 0.1) is 0 Å². The zero-order chi connectivity index (χ0) is 11.0. The lowest BCUT2D eigenvalue weighted by molar-refractivity contribution is -0.138. The summed E-state index contributed by atoms with van der Waals surface area (Å²) in [7, 11) is 0. The number of carbonyl (C=O) groups is 1. The van der Waals surface area contributed by atoms with Crippen LogP contribution in [-0.2, 0) is 25.1 Å². The van der Waals surface area contributed by atoms with Gasteiger partial charge in [0.15, 0.2) is 0 Å². The summed E-state index contributed by atoms with van der Waals surface area (Å²) >= 11 is -2.52. The monoisotopic (exact) mass is 221 g/mol. The molecule has 0 aliphatic carbocycles. The van der Waals surface area contributed by atoms with Crippen molar-refractivity contribution in [3.05, 3.63) is 12.2 Å². The maximum absolute atomic E-state index is 10.8. The SMILES string of the molecule is CC=CC(=O)OCCC(C)OS(=O)[O-]. The summed E-state index contributed by atoms with van der Waals surface area (Å²) in [5.41, 5.74) is 0. The smallest absolute Gasteiger partial charge is 0.330 e. The number of esters is 1. The van der Waals surface area contributed by atoms with E-state index in [0.717, 1.165) is 0 Å². The van der Waals surface area contributed by atoms with Gasteiger partial charge in [-0.05, 0) is 13.8 Å². The molecule has 82 valence electrons. The van der Waals surface area contributed by atoms with Crippen LogP contribution in [0.5, 0.6) is 0 Å². The molecule has 5 nitrogen and oxygen atoms in total. The summed E-state index contributed by atoms with van der Waals surface area (Å²) in [4.78, 5) is 10.8. The van der Waals surface area contributed by atoms with Gasteiger partial charge in [0.05, 0.1) is 24.1 Å². The average molecular weight is 221 g/mol. The van der Waals surface area contributed by atoms with Gasteiger partial charge in [0.25, 0.3) is 0 Å². The summed E-state index contributed by atoms with van der Waals surface area (Å²) in [6.07, 6.45) is 2.72. The molecule has 14 heavy (non-hydrogen) atoms. The first kappa shape index (κ1) is 13.3. The number of ether oxygens (including phenoxy) is 1. The summed E-state index contributed by atoms with van der Waals surface area (Å²) in [6.45, 7) is 3.43. The number of carbonyl (C=O) groups excluding carboxylic acids is 1. The van der Waals surface area contributed by atoms with Gasteiger partial charge in [0.2, 0.25) is 0 Å². The van der Waals surface area contributed by atoms with Crippen LogP contribution in [0.2, 0.25) is 0 Å². The third-order valence-electron chi connectivity index (χ3n) is 1.31. The van der Waals surface area contributed by atoms with E-state index >= 15 is 0 Å². The predicted molar refractivity (Wildman–Crippen MR) is 49.9 cm³/mol.